The van der Waals surface area contributed by atoms with Crippen LogP contribution < -0.4 is 5.73 Å². The molecule has 2 N–H and O–H groups in total. The summed E-state index contributed by atoms with van der Waals surface area (Å²) in [5.41, 5.74) is 6.25. The molecule has 0 aromatic carbocycles. The molecule has 1 aliphatic carbocycles. The topological polar surface area (TPSA) is 63.4 Å². The Morgan fingerprint density at radius 1 is 1.28 bits per heavy atom. The molecule has 1 aliphatic rings. The molecule has 1 rings (SSSR count). The molecule has 1 saturated carbocycles. The lowest BCUT2D eigenvalue weighted by Crippen LogP contribution is -2.46. The second-order valence-electron chi connectivity index (χ2n) is 6.27. The molecule has 0 aliphatic heterocycles. The van der Waals surface area contributed by atoms with E-state index in [9.17, 15) is 8.42 Å². The summed E-state index contributed by atoms with van der Waals surface area (Å²) in [6, 6.07) is 0.254. The molecule has 0 heterocycles. The fourth-order valence-electron chi connectivity index (χ4n) is 3.06. The van der Waals surface area contributed by atoms with Crippen LogP contribution in [-0.2, 0) is 9.84 Å². The van der Waals surface area contributed by atoms with Crippen molar-refractivity contribution in [2.75, 3.05) is 32.1 Å². The van der Waals surface area contributed by atoms with Crippen LogP contribution in [0, 0.1) is 17.8 Å². The second-order valence-corrected chi connectivity index (χ2v) is 8.53. The van der Waals surface area contributed by atoms with Crippen LogP contribution in [0.4, 0.5) is 0 Å². The van der Waals surface area contributed by atoms with Crippen molar-refractivity contribution < 1.29 is 8.42 Å². The maximum atomic E-state index is 11.1. The van der Waals surface area contributed by atoms with E-state index in [1.54, 1.807) is 0 Å². The zero-order valence-electron chi connectivity index (χ0n) is 12.1. The highest BCUT2D eigenvalue weighted by Gasteiger charge is 2.32. The van der Waals surface area contributed by atoms with Crippen LogP contribution in [0.1, 0.15) is 26.7 Å². The highest BCUT2D eigenvalue weighted by molar-refractivity contribution is 7.90. The Bertz CT molecular complexity index is 344. The monoisotopic (exact) mass is 276 g/mol. The minimum Gasteiger partial charge on any atom is -0.327 e. The van der Waals surface area contributed by atoms with Crippen LogP contribution in [-0.4, -0.2) is 51.5 Å². The minimum absolute atomic E-state index is 0.232. The van der Waals surface area contributed by atoms with Crippen molar-refractivity contribution in [2.24, 2.45) is 23.5 Å². The van der Waals surface area contributed by atoms with Gasteiger partial charge in [0, 0.05) is 25.4 Å². The third-order valence-corrected chi connectivity index (χ3v) is 5.02. The molecule has 0 amide bonds. The molecule has 0 spiro atoms. The Morgan fingerprint density at radius 3 is 2.39 bits per heavy atom. The van der Waals surface area contributed by atoms with Crippen LogP contribution in [0.25, 0.3) is 0 Å². The third-order valence-electron chi connectivity index (χ3n) is 4.10. The van der Waals surface area contributed by atoms with Gasteiger partial charge in [-0.3, -0.25) is 0 Å². The van der Waals surface area contributed by atoms with Crippen molar-refractivity contribution in [3.63, 3.8) is 0 Å². The normalized spacial score (nSPS) is 33.9. The molecule has 0 aromatic rings. The van der Waals surface area contributed by atoms with Gasteiger partial charge < -0.3 is 10.6 Å². The summed E-state index contributed by atoms with van der Waals surface area (Å²) in [5.74, 6) is 2.07. The van der Waals surface area contributed by atoms with Crippen molar-refractivity contribution in [3.05, 3.63) is 0 Å². The lowest BCUT2D eigenvalue weighted by molar-refractivity contribution is 0.133. The van der Waals surface area contributed by atoms with E-state index < -0.39 is 9.84 Å². The van der Waals surface area contributed by atoms with E-state index in [1.165, 1.54) is 12.7 Å². The highest BCUT2D eigenvalue weighted by atomic mass is 32.2. The average Bonchev–Trinajstić information content (AvgIpc) is 2.19. The fraction of sp³-hybridized carbons (Fsp3) is 1.00. The Labute approximate surface area is 112 Å². The van der Waals surface area contributed by atoms with Crippen molar-refractivity contribution in [1.29, 1.82) is 0 Å². The van der Waals surface area contributed by atoms with E-state index in [0.717, 1.165) is 13.0 Å². The van der Waals surface area contributed by atoms with E-state index in [0.29, 0.717) is 24.3 Å². The number of sulfone groups is 1. The van der Waals surface area contributed by atoms with Crippen molar-refractivity contribution in [1.82, 2.24) is 4.90 Å². The Hall–Kier alpha value is -0.130. The second kappa shape index (κ2) is 6.35. The van der Waals surface area contributed by atoms with Gasteiger partial charge in [-0.25, -0.2) is 8.42 Å². The Kier molecular flexibility index (Phi) is 5.62. The zero-order valence-corrected chi connectivity index (χ0v) is 12.9. The number of hydrogen-bond donors (Lipinski definition) is 1. The first-order valence-electron chi connectivity index (χ1n) is 6.81. The predicted molar refractivity (Wildman–Crippen MR) is 76.2 cm³/mol. The largest absolute Gasteiger partial charge is 0.327 e. The highest BCUT2D eigenvalue weighted by Crippen LogP contribution is 2.33. The van der Waals surface area contributed by atoms with E-state index in [-0.39, 0.29) is 11.8 Å². The molecule has 0 radical (unpaired) electrons. The van der Waals surface area contributed by atoms with Crippen LogP contribution in [0.5, 0.6) is 0 Å². The molecule has 18 heavy (non-hydrogen) atoms. The number of hydrogen-bond acceptors (Lipinski definition) is 4. The van der Waals surface area contributed by atoms with Gasteiger partial charge >= 0.3 is 0 Å². The van der Waals surface area contributed by atoms with Gasteiger partial charge in [-0.2, -0.15) is 0 Å². The quantitative estimate of drug-likeness (QED) is 0.813. The van der Waals surface area contributed by atoms with E-state index >= 15 is 0 Å². The molecule has 0 bridgehead atoms. The smallest absolute Gasteiger partial charge is 0.148 e. The van der Waals surface area contributed by atoms with Gasteiger partial charge in [-0.1, -0.05) is 13.8 Å². The van der Waals surface area contributed by atoms with Gasteiger partial charge in [0.25, 0.3) is 0 Å². The molecule has 5 heteroatoms. The summed E-state index contributed by atoms with van der Waals surface area (Å²) in [6.07, 6.45) is 3.62. The Morgan fingerprint density at radius 2 is 1.89 bits per heavy atom. The molecule has 4 atom stereocenters. The molecule has 4 unspecified atom stereocenters. The summed E-state index contributed by atoms with van der Waals surface area (Å²) in [4.78, 5) is 2.11. The summed E-state index contributed by atoms with van der Waals surface area (Å²) < 4.78 is 22.3. The lowest BCUT2D eigenvalue weighted by Gasteiger charge is -2.39. The molecule has 0 saturated heterocycles. The maximum absolute atomic E-state index is 11.1. The molecule has 1 fully saturated rings. The standard InChI is InChI=1S/C13H28N2O2S/c1-10-7-11(2)12(13(14)8-10)9-15(3)5-6-18(4,16)17/h10-13H,5-9,14H2,1-4H3. The van der Waals surface area contributed by atoms with Gasteiger partial charge in [-0.05, 0) is 37.6 Å². The van der Waals surface area contributed by atoms with Gasteiger partial charge in [0.2, 0.25) is 0 Å². The SMILES string of the molecule is CC1CC(C)C(CN(C)CCS(C)(=O)=O)C(N)C1. The first kappa shape index (κ1) is 15.9. The summed E-state index contributed by atoms with van der Waals surface area (Å²) in [6.45, 7) is 6.04. The molecular weight excluding hydrogens is 248 g/mol. The van der Waals surface area contributed by atoms with Crippen molar-refractivity contribution >= 4 is 9.84 Å². The van der Waals surface area contributed by atoms with Crippen LogP contribution in [0.3, 0.4) is 0 Å². The Balaban J connectivity index is 2.45. The third kappa shape index (κ3) is 5.24. The molecular formula is C13H28N2O2S. The lowest BCUT2D eigenvalue weighted by atomic mass is 9.72. The number of nitrogens with two attached hydrogens (primary N) is 1. The van der Waals surface area contributed by atoms with Crippen molar-refractivity contribution in [3.8, 4) is 0 Å². The zero-order chi connectivity index (χ0) is 13.9. The van der Waals surface area contributed by atoms with E-state index in [1.807, 2.05) is 7.05 Å². The first-order chi connectivity index (χ1) is 8.19. The fourth-order valence-corrected chi connectivity index (χ4v) is 3.70. The summed E-state index contributed by atoms with van der Waals surface area (Å²) in [5, 5.41) is 0. The maximum Gasteiger partial charge on any atom is 0.148 e. The molecule has 4 nitrogen and oxygen atoms in total. The predicted octanol–water partition coefficient (Wildman–Crippen LogP) is 0.972. The summed E-state index contributed by atoms with van der Waals surface area (Å²) >= 11 is 0. The van der Waals surface area contributed by atoms with Crippen molar-refractivity contribution in [2.45, 2.75) is 32.7 Å². The van der Waals surface area contributed by atoms with Crippen LogP contribution in [0.2, 0.25) is 0 Å². The van der Waals surface area contributed by atoms with Crippen LogP contribution >= 0.6 is 0 Å². The van der Waals surface area contributed by atoms with Gasteiger partial charge in [-0.15, -0.1) is 0 Å². The summed E-state index contributed by atoms with van der Waals surface area (Å²) in [7, 11) is -0.880. The van der Waals surface area contributed by atoms with Gasteiger partial charge in [0.1, 0.15) is 9.84 Å². The first-order valence-corrected chi connectivity index (χ1v) is 8.87. The minimum atomic E-state index is -2.87. The number of nitrogens with zero attached hydrogens (tertiary/aromatic N) is 1. The van der Waals surface area contributed by atoms with Gasteiger partial charge in [0.05, 0.1) is 5.75 Å². The van der Waals surface area contributed by atoms with E-state index in [4.69, 9.17) is 5.73 Å². The van der Waals surface area contributed by atoms with E-state index in [2.05, 4.69) is 18.7 Å². The molecule has 0 aromatic heterocycles. The molecule has 108 valence electrons. The number of rotatable bonds is 5. The van der Waals surface area contributed by atoms with Gasteiger partial charge in [0.15, 0.2) is 0 Å². The average molecular weight is 276 g/mol. The van der Waals surface area contributed by atoms with Crippen LogP contribution in [0.15, 0.2) is 0 Å².